The molecule has 2 aromatic rings. The molecule has 0 aromatic carbocycles. The fourth-order valence-corrected chi connectivity index (χ4v) is 3.60. The highest BCUT2D eigenvalue weighted by Crippen LogP contribution is 2.22. The highest BCUT2D eigenvalue weighted by atomic mass is 32.2. The van der Waals surface area contributed by atoms with Gasteiger partial charge in [0, 0.05) is 25.2 Å². The van der Waals surface area contributed by atoms with E-state index in [1.54, 1.807) is 18.7 Å². The average molecular weight is 320 g/mol. The second-order valence-electron chi connectivity index (χ2n) is 3.86. The van der Waals surface area contributed by atoms with E-state index in [4.69, 9.17) is 15.2 Å². The first kappa shape index (κ1) is 15.2. The van der Waals surface area contributed by atoms with E-state index in [1.807, 2.05) is 0 Å². The molecule has 0 radical (unpaired) electrons. The van der Waals surface area contributed by atoms with E-state index in [2.05, 4.69) is 9.71 Å². The predicted molar refractivity (Wildman–Crippen MR) is 75.4 cm³/mol. The molecule has 112 valence electrons. The van der Waals surface area contributed by atoms with E-state index in [-0.39, 0.29) is 24.0 Å². The Labute approximate surface area is 120 Å². The van der Waals surface area contributed by atoms with Gasteiger partial charge in [0.1, 0.15) is 0 Å². The summed E-state index contributed by atoms with van der Waals surface area (Å²) >= 11 is 1.32. The van der Waals surface area contributed by atoms with Gasteiger partial charge >= 0.3 is 0 Å². The van der Waals surface area contributed by atoms with Crippen LogP contribution < -0.4 is 10.5 Å². The van der Waals surface area contributed by atoms with Gasteiger partial charge in [-0.2, -0.15) is 0 Å². The molecule has 0 fully saturated rings. The Morgan fingerprint density at radius 3 is 3.00 bits per heavy atom. The van der Waals surface area contributed by atoms with Crippen LogP contribution in [0.1, 0.15) is 0 Å². The van der Waals surface area contributed by atoms with E-state index < -0.39 is 10.0 Å². The summed E-state index contributed by atoms with van der Waals surface area (Å²) in [5.41, 5.74) is 5.66. The minimum Gasteiger partial charge on any atom is -0.382 e. The van der Waals surface area contributed by atoms with Gasteiger partial charge in [0.2, 0.25) is 0 Å². The Morgan fingerprint density at radius 2 is 2.25 bits per heavy atom. The highest BCUT2D eigenvalue weighted by molar-refractivity contribution is 7.89. The molecule has 0 amide bonds. The van der Waals surface area contributed by atoms with Gasteiger partial charge in [-0.1, -0.05) is 0 Å². The van der Waals surface area contributed by atoms with Crippen LogP contribution in [-0.4, -0.2) is 51.3 Å². The summed E-state index contributed by atoms with van der Waals surface area (Å²) in [5.74, 6) is -0.00958. The predicted octanol–water partition coefficient (Wildman–Crippen LogP) is -0.0807. The lowest BCUT2D eigenvalue weighted by atomic mass is 10.7. The number of fused-ring (bicyclic) bond motifs is 1. The molecule has 0 aliphatic rings. The molecule has 0 unspecified atom stereocenters. The summed E-state index contributed by atoms with van der Waals surface area (Å²) < 4.78 is 38.3. The van der Waals surface area contributed by atoms with Crippen LogP contribution in [0, 0.1) is 0 Å². The second kappa shape index (κ2) is 6.50. The van der Waals surface area contributed by atoms with Crippen molar-refractivity contribution in [2.45, 2.75) is 5.03 Å². The standard InChI is InChI=1S/C10H16N4O4S2/c1-17-5-6-18-4-2-12-20(15,16)9-8(11)13-10-14(9)3-7-19-10/h3,7,12H,2,4-6,11H2,1H3. The number of nitrogens with zero attached hydrogens (tertiary/aromatic N) is 2. The smallest absolute Gasteiger partial charge is 0.260 e. The van der Waals surface area contributed by atoms with E-state index in [9.17, 15) is 8.42 Å². The van der Waals surface area contributed by atoms with Crippen molar-refractivity contribution in [3.8, 4) is 0 Å². The van der Waals surface area contributed by atoms with Gasteiger partial charge in [-0.3, -0.25) is 4.40 Å². The molecule has 3 N–H and O–H groups in total. The number of imidazole rings is 1. The number of nitrogen functional groups attached to an aromatic ring is 1. The van der Waals surface area contributed by atoms with Gasteiger partial charge in [-0.25, -0.2) is 18.1 Å². The Hall–Kier alpha value is -1.20. The third-order valence-corrected chi connectivity index (χ3v) is 4.72. The Balaban J connectivity index is 2.00. The molecule has 2 rings (SSSR count). The molecular formula is C10H16N4O4S2. The average Bonchev–Trinajstić information content (AvgIpc) is 2.92. The maximum atomic E-state index is 12.2. The fraction of sp³-hybridized carbons (Fsp3) is 0.500. The molecule has 2 aromatic heterocycles. The molecule has 20 heavy (non-hydrogen) atoms. The molecule has 10 heteroatoms. The minimum atomic E-state index is -3.72. The Bertz CT molecular complexity index is 664. The van der Waals surface area contributed by atoms with Crippen molar-refractivity contribution in [1.82, 2.24) is 14.1 Å². The zero-order valence-corrected chi connectivity index (χ0v) is 12.5. The van der Waals surface area contributed by atoms with E-state index in [0.717, 1.165) is 0 Å². The number of rotatable bonds is 8. The number of nitrogens with one attached hydrogen (secondary N) is 1. The molecule has 0 spiro atoms. The number of hydrogen-bond acceptors (Lipinski definition) is 7. The second-order valence-corrected chi connectivity index (χ2v) is 6.42. The number of sulfonamides is 1. The summed E-state index contributed by atoms with van der Waals surface area (Å²) in [6.07, 6.45) is 1.62. The van der Waals surface area contributed by atoms with Crippen molar-refractivity contribution < 1.29 is 17.9 Å². The fourth-order valence-electron chi connectivity index (χ4n) is 1.61. The Morgan fingerprint density at radius 1 is 1.45 bits per heavy atom. The van der Waals surface area contributed by atoms with Gasteiger partial charge in [0.05, 0.1) is 19.8 Å². The number of thiazole rings is 1. The first-order valence-corrected chi connectivity index (χ1v) is 8.20. The van der Waals surface area contributed by atoms with Gasteiger partial charge in [0.25, 0.3) is 10.0 Å². The van der Waals surface area contributed by atoms with Crippen molar-refractivity contribution >= 4 is 32.1 Å². The van der Waals surface area contributed by atoms with Gasteiger partial charge in [-0.05, 0) is 0 Å². The van der Waals surface area contributed by atoms with Crippen LogP contribution in [0.15, 0.2) is 16.6 Å². The molecule has 8 nitrogen and oxygen atoms in total. The summed E-state index contributed by atoms with van der Waals surface area (Å²) in [4.78, 5) is 4.54. The van der Waals surface area contributed by atoms with E-state index in [1.165, 1.54) is 15.7 Å². The maximum absolute atomic E-state index is 12.2. The third-order valence-electron chi connectivity index (χ3n) is 2.47. The monoisotopic (exact) mass is 320 g/mol. The third kappa shape index (κ3) is 3.27. The number of anilines is 1. The van der Waals surface area contributed by atoms with Crippen LogP contribution in [-0.2, 0) is 19.5 Å². The SMILES string of the molecule is COCCOCCNS(=O)(=O)c1c(N)nc2sccn12. The summed E-state index contributed by atoms with van der Waals surface area (Å²) in [6, 6.07) is 0. The van der Waals surface area contributed by atoms with Crippen LogP contribution in [0.25, 0.3) is 4.96 Å². The number of methoxy groups -OCH3 is 1. The molecule has 0 aliphatic carbocycles. The lowest BCUT2D eigenvalue weighted by molar-refractivity contribution is 0.0736. The van der Waals surface area contributed by atoms with Gasteiger partial charge < -0.3 is 15.2 Å². The van der Waals surface area contributed by atoms with Crippen LogP contribution in [0.4, 0.5) is 5.82 Å². The van der Waals surface area contributed by atoms with Gasteiger partial charge in [0.15, 0.2) is 15.8 Å². The maximum Gasteiger partial charge on any atom is 0.260 e. The van der Waals surface area contributed by atoms with E-state index in [0.29, 0.717) is 18.2 Å². The van der Waals surface area contributed by atoms with Crippen LogP contribution >= 0.6 is 11.3 Å². The van der Waals surface area contributed by atoms with Crippen molar-refractivity contribution in [3.63, 3.8) is 0 Å². The summed E-state index contributed by atoms with van der Waals surface area (Å²) in [5, 5.41) is 1.71. The largest absolute Gasteiger partial charge is 0.382 e. The number of aromatic nitrogens is 2. The molecule has 0 atom stereocenters. The number of nitrogens with two attached hydrogens (primary N) is 1. The number of ether oxygens (including phenoxy) is 2. The molecule has 0 saturated carbocycles. The van der Waals surface area contributed by atoms with Crippen molar-refractivity contribution in [1.29, 1.82) is 0 Å². The van der Waals surface area contributed by atoms with E-state index >= 15 is 0 Å². The zero-order valence-electron chi connectivity index (χ0n) is 10.9. The van der Waals surface area contributed by atoms with Crippen molar-refractivity contribution in [2.24, 2.45) is 0 Å². The van der Waals surface area contributed by atoms with Crippen LogP contribution in [0.2, 0.25) is 0 Å². The number of hydrogen-bond donors (Lipinski definition) is 2. The highest BCUT2D eigenvalue weighted by Gasteiger charge is 2.23. The summed E-state index contributed by atoms with van der Waals surface area (Å²) in [7, 11) is -2.15. The molecule has 0 aliphatic heterocycles. The Kier molecular flexibility index (Phi) is 4.94. The first-order chi connectivity index (χ1) is 9.56. The lowest BCUT2D eigenvalue weighted by Gasteiger charge is -2.07. The normalized spacial score (nSPS) is 12.2. The molecule has 0 saturated heterocycles. The van der Waals surface area contributed by atoms with Crippen molar-refractivity contribution in [2.75, 3.05) is 39.2 Å². The molecule has 2 heterocycles. The molecular weight excluding hydrogens is 304 g/mol. The van der Waals surface area contributed by atoms with Crippen LogP contribution in [0.5, 0.6) is 0 Å². The molecule has 0 bridgehead atoms. The first-order valence-electron chi connectivity index (χ1n) is 5.83. The zero-order chi connectivity index (χ0) is 14.6. The topological polar surface area (TPSA) is 108 Å². The lowest BCUT2D eigenvalue weighted by Crippen LogP contribution is -2.29. The minimum absolute atomic E-state index is 0.00958. The van der Waals surface area contributed by atoms with Gasteiger partial charge in [-0.15, -0.1) is 11.3 Å². The summed E-state index contributed by atoms with van der Waals surface area (Å²) in [6.45, 7) is 1.30. The van der Waals surface area contributed by atoms with Crippen LogP contribution in [0.3, 0.4) is 0 Å². The van der Waals surface area contributed by atoms with Crippen molar-refractivity contribution in [3.05, 3.63) is 11.6 Å². The quantitative estimate of drug-likeness (QED) is 0.659.